The molecule has 0 aromatic carbocycles. The zero-order valence-corrected chi connectivity index (χ0v) is 12.9. The lowest BCUT2D eigenvalue weighted by atomic mass is 10.0. The minimum atomic E-state index is -0.302. The van der Waals surface area contributed by atoms with Gasteiger partial charge in [0.1, 0.15) is 6.04 Å². The molecule has 5 heteroatoms. The fourth-order valence-corrected chi connectivity index (χ4v) is 3.20. The van der Waals surface area contributed by atoms with Gasteiger partial charge in [-0.15, -0.1) is 0 Å². The number of hydrogen-bond acceptors (Lipinski definition) is 3. The normalized spacial score (nSPS) is 28.3. The molecule has 0 saturated carbocycles. The minimum Gasteiger partial charge on any atom is -0.343 e. The van der Waals surface area contributed by atoms with Crippen LogP contribution in [0, 0.1) is 5.92 Å². The summed E-state index contributed by atoms with van der Waals surface area (Å²) in [4.78, 5) is 28.3. The van der Waals surface area contributed by atoms with Gasteiger partial charge in [-0.2, -0.15) is 0 Å². The molecule has 0 bridgehead atoms. The summed E-state index contributed by atoms with van der Waals surface area (Å²) in [5, 5.41) is 2.81. The van der Waals surface area contributed by atoms with E-state index in [1.807, 2.05) is 6.92 Å². The molecule has 0 spiro atoms. The molecule has 1 N–H and O–H groups in total. The number of hydrogen-bond donors (Lipinski definition) is 1. The molecular formula is C15H27N3O2. The van der Waals surface area contributed by atoms with E-state index in [0.717, 1.165) is 38.9 Å². The second-order valence-corrected chi connectivity index (χ2v) is 6.37. The first-order chi connectivity index (χ1) is 9.51. The number of nitrogens with one attached hydrogen (secondary N) is 1. The van der Waals surface area contributed by atoms with E-state index >= 15 is 0 Å². The van der Waals surface area contributed by atoms with E-state index in [0.29, 0.717) is 12.0 Å². The van der Waals surface area contributed by atoms with Crippen LogP contribution in [-0.2, 0) is 9.59 Å². The summed E-state index contributed by atoms with van der Waals surface area (Å²) in [6.45, 7) is 9.57. The highest BCUT2D eigenvalue weighted by atomic mass is 16.2. The number of piperazine rings is 1. The smallest absolute Gasteiger partial charge is 0.245 e. The number of rotatable bonds is 5. The number of carbonyl (C=O) groups is 2. The van der Waals surface area contributed by atoms with E-state index < -0.39 is 0 Å². The van der Waals surface area contributed by atoms with Crippen LogP contribution in [0.3, 0.4) is 0 Å². The molecule has 0 radical (unpaired) electrons. The molecule has 2 amide bonds. The van der Waals surface area contributed by atoms with Crippen molar-refractivity contribution in [2.45, 2.75) is 52.1 Å². The van der Waals surface area contributed by atoms with Gasteiger partial charge in [-0.25, -0.2) is 0 Å². The molecule has 0 aromatic rings. The zero-order chi connectivity index (χ0) is 14.7. The summed E-state index contributed by atoms with van der Waals surface area (Å²) in [6, 6.07) is 0.261. The molecule has 2 aliphatic rings. The van der Waals surface area contributed by atoms with E-state index in [1.54, 1.807) is 4.90 Å². The number of carbonyl (C=O) groups excluding carboxylic acids is 2. The molecule has 5 nitrogen and oxygen atoms in total. The molecule has 2 rings (SSSR count). The Kier molecular flexibility index (Phi) is 5.02. The van der Waals surface area contributed by atoms with Crippen molar-refractivity contribution in [2.24, 2.45) is 5.92 Å². The third kappa shape index (κ3) is 3.51. The number of likely N-dealkylation sites (tertiary alicyclic amines) is 1. The Balaban J connectivity index is 1.91. The van der Waals surface area contributed by atoms with Crippen molar-refractivity contribution in [1.82, 2.24) is 15.1 Å². The van der Waals surface area contributed by atoms with E-state index in [4.69, 9.17) is 0 Å². The van der Waals surface area contributed by atoms with Crippen molar-refractivity contribution in [3.63, 3.8) is 0 Å². The fraction of sp³-hybridized carbons (Fsp3) is 0.867. The Morgan fingerprint density at radius 2 is 2.10 bits per heavy atom. The van der Waals surface area contributed by atoms with Gasteiger partial charge in [0.25, 0.3) is 0 Å². The predicted octanol–water partition coefficient (Wildman–Crippen LogP) is 0.844. The van der Waals surface area contributed by atoms with Crippen LogP contribution in [0.4, 0.5) is 0 Å². The molecule has 2 fully saturated rings. The van der Waals surface area contributed by atoms with Crippen molar-refractivity contribution in [2.75, 3.05) is 26.2 Å². The Bertz CT molecular complexity index is 370. The summed E-state index contributed by atoms with van der Waals surface area (Å²) in [5.41, 5.74) is 0. The van der Waals surface area contributed by atoms with Gasteiger partial charge in [0.15, 0.2) is 0 Å². The molecule has 2 unspecified atom stereocenters. The van der Waals surface area contributed by atoms with E-state index in [1.165, 1.54) is 0 Å². The first kappa shape index (κ1) is 15.3. The lowest BCUT2D eigenvalue weighted by Gasteiger charge is -2.34. The lowest BCUT2D eigenvalue weighted by Crippen LogP contribution is -2.58. The molecule has 0 aromatic heterocycles. The fourth-order valence-electron chi connectivity index (χ4n) is 3.20. The maximum atomic E-state index is 12.4. The van der Waals surface area contributed by atoms with Gasteiger partial charge in [0, 0.05) is 19.1 Å². The van der Waals surface area contributed by atoms with Gasteiger partial charge < -0.3 is 15.1 Å². The largest absolute Gasteiger partial charge is 0.343 e. The number of nitrogens with zero attached hydrogens (tertiary/aromatic N) is 2. The molecule has 0 aliphatic carbocycles. The summed E-state index contributed by atoms with van der Waals surface area (Å²) < 4.78 is 0. The molecular weight excluding hydrogens is 254 g/mol. The van der Waals surface area contributed by atoms with Crippen LogP contribution in [-0.4, -0.2) is 59.9 Å². The van der Waals surface area contributed by atoms with Gasteiger partial charge in [0.2, 0.25) is 11.8 Å². The molecule has 2 saturated heterocycles. The topological polar surface area (TPSA) is 52.7 Å². The van der Waals surface area contributed by atoms with Crippen molar-refractivity contribution >= 4 is 11.8 Å². The van der Waals surface area contributed by atoms with Crippen molar-refractivity contribution in [1.29, 1.82) is 0 Å². The highest BCUT2D eigenvalue weighted by Crippen LogP contribution is 2.21. The van der Waals surface area contributed by atoms with Crippen LogP contribution in [0.1, 0.15) is 40.0 Å². The molecule has 2 atom stereocenters. The van der Waals surface area contributed by atoms with Crippen LogP contribution >= 0.6 is 0 Å². The second kappa shape index (κ2) is 6.57. The third-order valence-electron chi connectivity index (χ3n) is 4.38. The third-order valence-corrected chi connectivity index (χ3v) is 4.38. The van der Waals surface area contributed by atoms with E-state index in [-0.39, 0.29) is 24.4 Å². The monoisotopic (exact) mass is 281 g/mol. The van der Waals surface area contributed by atoms with E-state index in [2.05, 4.69) is 24.1 Å². The van der Waals surface area contributed by atoms with Gasteiger partial charge in [-0.1, -0.05) is 13.3 Å². The Morgan fingerprint density at radius 3 is 2.70 bits per heavy atom. The molecule has 20 heavy (non-hydrogen) atoms. The molecule has 2 aliphatic heterocycles. The maximum absolute atomic E-state index is 12.4. The molecule has 2 heterocycles. The van der Waals surface area contributed by atoms with Crippen LogP contribution < -0.4 is 5.32 Å². The van der Waals surface area contributed by atoms with Crippen LogP contribution in [0.15, 0.2) is 0 Å². The van der Waals surface area contributed by atoms with Crippen molar-refractivity contribution in [3.8, 4) is 0 Å². The average Bonchev–Trinajstić information content (AvgIpc) is 2.84. The van der Waals surface area contributed by atoms with Crippen molar-refractivity contribution in [3.05, 3.63) is 0 Å². The summed E-state index contributed by atoms with van der Waals surface area (Å²) in [5.74, 6) is 0.603. The maximum Gasteiger partial charge on any atom is 0.245 e. The standard InChI is InChI=1S/C15H27N3O2/c1-4-5-13-15(20)18(10-14(19)16-13)9-12-6-7-17(8-12)11(2)3/h11-13H,4-10H2,1-3H3,(H,16,19). The van der Waals surface area contributed by atoms with Crippen LogP contribution in [0.25, 0.3) is 0 Å². The van der Waals surface area contributed by atoms with E-state index in [9.17, 15) is 9.59 Å². The van der Waals surface area contributed by atoms with Gasteiger partial charge in [0.05, 0.1) is 6.54 Å². The summed E-state index contributed by atoms with van der Waals surface area (Å²) in [6.07, 6.45) is 2.78. The van der Waals surface area contributed by atoms with Gasteiger partial charge in [-0.3, -0.25) is 9.59 Å². The van der Waals surface area contributed by atoms with Crippen molar-refractivity contribution < 1.29 is 9.59 Å². The van der Waals surface area contributed by atoms with Gasteiger partial charge in [-0.05, 0) is 39.2 Å². The average molecular weight is 281 g/mol. The molecule has 114 valence electrons. The quantitative estimate of drug-likeness (QED) is 0.812. The van der Waals surface area contributed by atoms with Crippen LogP contribution in [0.2, 0.25) is 0 Å². The summed E-state index contributed by atoms with van der Waals surface area (Å²) in [7, 11) is 0. The first-order valence-corrected chi connectivity index (χ1v) is 7.83. The predicted molar refractivity (Wildman–Crippen MR) is 78.2 cm³/mol. The Hall–Kier alpha value is -1.10. The highest BCUT2D eigenvalue weighted by Gasteiger charge is 2.34. The van der Waals surface area contributed by atoms with Crippen LogP contribution in [0.5, 0.6) is 0 Å². The summed E-state index contributed by atoms with van der Waals surface area (Å²) >= 11 is 0. The number of amides is 2. The zero-order valence-electron chi connectivity index (χ0n) is 12.9. The van der Waals surface area contributed by atoms with Gasteiger partial charge >= 0.3 is 0 Å². The Morgan fingerprint density at radius 1 is 1.35 bits per heavy atom. The second-order valence-electron chi connectivity index (χ2n) is 6.37. The highest BCUT2D eigenvalue weighted by molar-refractivity contribution is 5.94. The SMILES string of the molecule is CCCC1NC(=O)CN(CC2CCN(C(C)C)C2)C1=O. The minimum absolute atomic E-state index is 0.0123. The Labute approximate surface area is 121 Å². The first-order valence-electron chi connectivity index (χ1n) is 7.83. The lowest BCUT2D eigenvalue weighted by molar-refractivity contribution is -0.145.